The molecule has 106 valence electrons. The van der Waals surface area contributed by atoms with E-state index in [1.165, 1.54) is 19.3 Å². The van der Waals surface area contributed by atoms with Crippen molar-refractivity contribution in [3.8, 4) is 0 Å². The van der Waals surface area contributed by atoms with E-state index in [1.54, 1.807) is 0 Å². The Morgan fingerprint density at radius 1 is 1.37 bits per heavy atom. The first-order valence-electron chi connectivity index (χ1n) is 7.23. The molecular formula is C14H23N3O2. The summed E-state index contributed by atoms with van der Waals surface area (Å²) in [6, 6.07) is 0.440. The molecular weight excluding hydrogens is 242 g/mol. The molecule has 0 N–H and O–H groups in total. The van der Waals surface area contributed by atoms with Gasteiger partial charge in [-0.2, -0.15) is 0 Å². The molecule has 0 aliphatic heterocycles. The Bertz CT molecular complexity index is 436. The third-order valence-corrected chi connectivity index (χ3v) is 3.86. The SMILES string of the molecule is CCOC(=O)C(C)c1nnc(C)n1C1CCCCC1. The van der Waals surface area contributed by atoms with Gasteiger partial charge in [0.2, 0.25) is 0 Å². The van der Waals surface area contributed by atoms with Gasteiger partial charge in [-0.05, 0) is 33.6 Å². The fourth-order valence-corrected chi connectivity index (χ4v) is 2.84. The van der Waals surface area contributed by atoms with Crippen LogP contribution in [0, 0.1) is 6.92 Å². The predicted octanol–water partition coefficient (Wildman–Crippen LogP) is 2.76. The highest BCUT2D eigenvalue weighted by atomic mass is 16.5. The number of aryl methyl sites for hydroxylation is 1. The van der Waals surface area contributed by atoms with Gasteiger partial charge in [0.25, 0.3) is 0 Å². The molecule has 1 saturated carbocycles. The highest BCUT2D eigenvalue weighted by molar-refractivity contribution is 5.76. The number of esters is 1. The highest BCUT2D eigenvalue weighted by Crippen LogP contribution is 2.31. The second-order valence-corrected chi connectivity index (χ2v) is 5.24. The summed E-state index contributed by atoms with van der Waals surface area (Å²) >= 11 is 0. The zero-order valence-corrected chi connectivity index (χ0v) is 12.1. The van der Waals surface area contributed by atoms with E-state index in [0.717, 1.165) is 24.5 Å². The predicted molar refractivity (Wildman–Crippen MR) is 71.9 cm³/mol. The highest BCUT2D eigenvalue weighted by Gasteiger charge is 2.27. The van der Waals surface area contributed by atoms with Crippen LogP contribution < -0.4 is 0 Å². The van der Waals surface area contributed by atoms with Gasteiger partial charge < -0.3 is 9.30 Å². The minimum Gasteiger partial charge on any atom is -0.465 e. The van der Waals surface area contributed by atoms with Crippen LogP contribution in [0.1, 0.15) is 69.6 Å². The molecule has 19 heavy (non-hydrogen) atoms. The van der Waals surface area contributed by atoms with Crippen LogP contribution in [-0.2, 0) is 9.53 Å². The van der Waals surface area contributed by atoms with Crippen molar-refractivity contribution in [1.29, 1.82) is 0 Å². The molecule has 1 heterocycles. The van der Waals surface area contributed by atoms with Gasteiger partial charge in [0, 0.05) is 6.04 Å². The summed E-state index contributed by atoms with van der Waals surface area (Å²) in [5, 5.41) is 8.37. The molecule has 1 atom stereocenters. The maximum Gasteiger partial charge on any atom is 0.316 e. The lowest BCUT2D eigenvalue weighted by molar-refractivity contribution is -0.144. The molecule has 1 aliphatic rings. The van der Waals surface area contributed by atoms with E-state index < -0.39 is 0 Å². The lowest BCUT2D eigenvalue weighted by atomic mass is 9.94. The number of aromatic nitrogens is 3. The van der Waals surface area contributed by atoms with Crippen LogP contribution in [0.4, 0.5) is 0 Å². The molecule has 1 aromatic rings. The minimum atomic E-state index is -0.344. The van der Waals surface area contributed by atoms with E-state index >= 15 is 0 Å². The lowest BCUT2D eigenvalue weighted by Crippen LogP contribution is -2.22. The zero-order chi connectivity index (χ0) is 13.8. The quantitative estimate of drug-likeness (QED) is 0.785. The first kappa shape index (κ1) is 14.0. The molecule has 1 aliphatic carbocycles. The molecule has 2 rings (SSSR count). The van der Waals surface area contributed by atoms with Crippen LogP contribution in [0.5, 0.6) is 0 Å². The summed E-state index contributed by atoms with van der Waals surface area (Å²) in [6.07, 6.45) is 6.11. The van der Waals surface area contributed by atoms with Gasteiger partial charge in [-0.25, -0.2) is 0 Å². The lowest BCUT2D eigenvalue weighted by Gasteiger charge is -2.26. The van der Waals surface area contributed by atoms with Gasteiger partial charge in [0.15, 0.2) is 0 Å². The number of hydrogen-bond acceptors (Lipinski definition) is 4. The molecule has 0 aromatic carbocycles. The van der Waals surface area contributed by atoms with Crippen molar-refractivity contribution in [3.63, 3.8) is 0 Å². The van der Waals surface area contributed by atoms with Gasteiger partial charge in [-0.1, -0.05) is 19.3 Å². The zero-order valence-electron chi connectivity index (χ0n) is 12.1. The van der Waals surface area contributed by atoms with Gasteiger partial charge in [0.05, 0.1) is 6.61 Å². The largest absolute Gasteiger partial charge is 0.465 e. The fourth-order valence-electron chi connectivity index (χ4n) is 2.84. The van der Waals surface area contributed by atoms with E-state index in [1.807, 2.05) is 20.8 Å². The minimum absolute atomic E-state index is 0.216. The molecule has 0 saturated heterocycles. The summed E-state index contributed by atoms with van der Waals surface area (Å²) in [4.78, 5) is 11.9. The third-order valence-electron chi connectivity index (χ3n) is 3.86. The van der Waals surface area contributed by atoms with Crippen LogP contribution in [0.25, 0.3) is 0 Å². The Morgan fingerprint density at radius 3 is 2.68 bits per heavy atom. The number of nitrogens with zero attached hydrogens (tertiary/aromatic N) is 3. The van der Waals surface area contributed by atoms with Gasteiger partial charge in [0.1, 0.15) is 17.6 Å². The van der Waals surface area contributed by atoms with Crippen molar-refractivity contribution in [1.82, 2.24) is 14.8 Å². The number of carbonyl (C=O) groups is 1. The number of rotatable bonds is 4. The normalized spacial score (nSPS) is 18.3. The summed E-state index contributed by atoms with van der Waals surface area (Å²) in [5.74, 6) is 1.09. The van der Waals surface area contributed by atoms with Crippen molar-refractivity contribution in [2.45, 2.75) is 64.8 Å². The smallest absolute Gasteiger partial charge is 0.316 e. The Morgan fingerprint density at radius 2 is 2.05 bits per heavy atom. The number of carbonyl (C=O) groups excluding carboxylic acids is 1. The fraction of sp³-hybridized carbons (Fsp3) is 0.786. The summed E-state index contributed by atoms with van der Waals surface area (Å²) in [7, 11) is 0. The van der Waals surface area contributed by atoms with E-state index in [0.29, 0.717) is 12.6 Å². The van der Waals surface area contributed by atoms with Crippen molar-refractivity contribution >= 4 is 5.97 Å². The number of hydrogen-bond donors (Lipinski definition) is 0. The van der Waals surface area contributed by atoms with Crippen LogP contribution >= 0.6 is 0 Å². The van der Waals surface area contributed by atoms with Crippen LogP contribution in [0.15, 0.2) is 0 Å². The summed E-state index contributed by atoms with van der Waals surface area (Å²) in [5.41, 5.74) is 0. The molecule has 0 bridgehead atoms. The molecule has 1 aromatic heterocycles. The maximum absolute atomic E-state index is 11.9. The molecule has 0 amide bonds. The van der Waals surface area contributed by atoms with E-state index in [2.05, 4.69) is 14.8 Å². The van der Waals surface area contributed by atoms with E-state index in [-0.39, 0.29) is 11.9 Å². The molecule has 5 nitrogen and oxygen atoms in total. The molecule has 5 heteroatoms. The second kappa shape index (κ2) is 6.17. The van der Waals surface area contributed by atoms with Gasteiger partial charge in [-0.15, -0.1) is 10.2 Å². The van der Waals surface area contributed by atoms with E-state index in [9.17, 15) is 4.79 Å². The average Bonchev–Trinajstić information content (AvgIpc) is 2.81. The Labute approximate surface area is 114 Å². The Balaban J connectivity index is 2.23. The van der Waals surface area contributed by atoms with Crippen LogP contribution in [0.2, 0.25) is 0 Å². The van der Waals surface area contributed by atoms with Crippen molar-refractivity contribution < 1.29 is 9.53 Å². The van der Waals surface area contributed by atoms with Crippen molar-refractivity contribution in [2.24, 2.45) is 0 Å². The first-order chi connectivity index (χ1) is 9.15. The third kappa shape index (κ3) is 2.96. The average molecular weight is 265 g/mol. The molecule has 0 spiro atoms. The van der Waals surface area contributed by atoms with Gasteiger partial charge >= 0.3 is 5.97 Å². The molecule has 0 radical (unpaired) electrons. The van der Waals surface area contributed by atoms with Crippen LogP contribution in [-0.4, -0.2) is 27.3 Å². The van der Waals surface area contributed by atoms with E-state index in [4.69, 9.17) is 4.74 Å². The standard InChI is InChI=1S/C14H23N3O2/c1-4-19-14(18)10(2)13-16-15-11(3)17(13)12-8-6-5-7-9-12/h10,12H,4-9H2,1-3H3. The maximum atomic E-state index is 11.9. The molecule has 1 fully saturated rings. The monoisotopic (exact) mass is 265 g/mol. The van der Waals surface area contributed by atoms with Crippen molar-refractivity contribution in [2.75, 3.05) is 6.61 Å². The van der Waals surface area contributed by atoms with Gasteiger partial charge in [-0.3, -0.25) is 4.79 Å². The Kier molecular flexibility index (Phi) is 4.56. The molecule has 1 unspecified atom stereocenters. The Hall–Kier alpha value is -1.39. The topological polar surface area (TPSA) is 57.0 Å². The second-order valence-electron chi connectivity index (χ2n) is 5.24. The van der Waals surface area contributed by atoms with Crippen molar-refractivity contribution in [3.05, 3.63) is 11.6 Å². The first-order valence-corrected chi connectivity index (χ1v) is 7.23. The number of ether oxygens (including phenoxy) is 1. The van der Waals surface area contributed by atoms with Crippen LogP contribution in [0.3, 0.4) is 0 Å². The summed E-state index contributed by atoms with van der Waals surface area (Å²) < 4.78 is 7.24. The summed E-state index contributed by atoms with van der Waals surface area (Å²) in [6.45, 7) is 6.03.